The summed E-state index contributed by atoms with van der Waals surface area (Å²) in [5.41, 5.74) is 1.76. The van der Waals surface area contributed by atoms with Crippen LogP contribution in [-0.4, -0.2) is 75.4 Å². The average Bonchev–Trinajstić information content (AvgIpc) is 2.80. The molecule has 0 atom stereocenters. The fourth-order valence-electron chi connectivity index (χ4n) is 4.01. The van der Waals surface area contributed by atoms with E-state index in [1.807, 2.05) is 4.90 Å². The zero-order valence-corrected chi connectivity index (χ0v) is 19.5. The number of allylic oxidation sites excluding steroid dienone is 1. The fourth-order valence-corrected chi connectivity index (χ4v) is 5.43. The summed E-state index contributed by atoms with van der Waals surface area (Å²) in [6.07, 6.45) is 7.98. The number of carbonyl (C=O) groups is 2. The molecule has 1 aromatic rings. The summed E-state index contributed by atoms with van der Waals surface area (Å²) in [5, 5.41) is 2.98. The topological polar surface area (TPSA) is 96.0 Å². The van der Waals surface area contributed by atoms with E-state index in [2.05, 4.69) is 11.4 Å². The largest absolute Gasteiger partial charge is 0.462 e. The third-order valence-corrected chi connectivity index (χ3v) is 7.77. The second-order valence-electron chi connectivity index (χ2n) is 8.13. The minimum atomic E-state index is -3.65. The van der Waals surface area contributed by atoms with Crippen molar-refractivity contribution in [2.24, 2.45) is 0 Å². The van der Waals surface area contributed by atoms with Gasteiger partial charge in [-0.3, -0.25) is 9.69 Å². The van der Waals surface area contributed by atoms with Gasteiger partial charge in [0.25, 0.3) is 0 Å². The van der Waals surface area contributed by atoms with Gasteiger partial charge >= 0.3 is 5.97 Å². The molecular formula is C23H33N3O5S. The van der Waals surface area contributed by atoms with E-state index in [4.69, 9.17) is 4.74 Å². The zero-order valence-electron chi connectivity index (χ0n) is 18.7. The van der Waals surface area contributed by atoms with Crippen LogP contribution in [0.15, 0.2) is 40.8 Å². The number of rotatable bonds is 9. The molecule has 0 spiro atoms. The first kappa shape index (κ1) is 24.4. The van der Waals surface area contributed by atoms with Crippen LogP contribution < -0.4 is 5.32 Å². The number of nitrogens with one attached hydrogen (secondary N) is 1. The van der Waals surface area contributed by atoms with Gasteiger partial charge in [-0.15, -0.1) is 0 Å². The van der Waals surface area contributed by atoms with E-state index in [1.54, 1.807) is 6.92 Å². The Labute approximate surface area is 190 Å². The van der Waals surface area contributed by atoms with Crippen LogP contribution in [-0.2, 0) is 19.6 Å². The van der Waals surface area contributed by atoms with E-state index in [9.17, 15) is 18.0 Å². The Bertz CT molecular complexity index is 919. The number of sulfonamides is 1. The third kappa shape index (κ3) is 6.63. The van der Waals surface area contributed by atoms with Gasteiger partial charge in [0.2, 0.25) is 15.9 Å². The van der Waals surface area contributed by atoms with Crippen LogP contribution in [0.1, 0.15) is 49.4 Å². The van der Waals surface area contributed by atoms with Gasteiger partial charge in [-0.2, -0.15) is 4.31 Å². The predicted molar refractivity (Wildman–Crippen MR) is 122 cm³/mol. The summed E-state index contributed by atoms with van der Waals surface area (Å²) >= 11 is 0. The van der Waals surface area contributed by atoms with Crippen molar-refractivity contribution >= 4 is 21.9 Å². The van der Waals surface area contributed by atoms with Gasteiger partial charge in [-0.1, -0.05) is 11.6 Å². The number of amides is 1. The Morgan fingerprint density at radius 3 is 2.41 bits per heavy atom. The van der Waals surface area contributed by atoms with Gasteiger partial charge in [-0.05, 0) is 63.3 Å². The molecule has 0 radical (unpaired) electrons. The molecule has 3 rings (SSSR count). The van der Waals surface area contributed by atoms with Gasteiger partial charge < -0.3 is 10.1 Å². The fraction of sp³-hybridized carbons (Fsp3) is 0.565. The molecule has 1 amide bonds. The Kier molecular flexibility index (Phi) is 8.84. The summed E-state index contributed by atoms with van der Waals surface area (Å²) in [6.45, 7) is 4.55. The van der Waals surface area contributed by atoms with Crippen LogP contribution in [0, 0.1) is 0 Å². The van der Waals surface area contributed by atoms with E-state index in [0.29, 0.717) is 38.3 Å². The molecule has 1 fully saturated rings. The Hall–Kier alpha value is -2.23. The molecule has 8 nitrogen and oxygen atoms in total. The lowest BCUT2D eigenvalue weighted by Crippen LogP contribution is -2.51. The molecule has 0 aromatic heterocycles. The lowest BCUT2D eigenvalue weighted by molar-refractivity contribution is -0.122. The monoisotopic (exact) mass is 463 g/mol. The molecule has 32 heavy (non-hydrogen) atoms. The summed E-state index contributed by atoms with van der Waals surface area (Å²) < 4.78 is 32.2. The molecule has 1 heterocycles. The van der Waals surface area contributed by atoms with Gasteiger partial charge in [-0.25, -0.2) is 13.2 Å². The molecule has 1 aliphatic heterocycles. The molecular weight excluding hydrogens is 430 g/mol. The number of esters is 1. The van der Waals surface area contributed by atoms with E-state index in [0.717, 1.165) is 19.3 Å². The second kappa shape index (κ2) is 11.6. The first-order valence-electron chi connectivity index (χ1n) is 11.3. The molecule has 1 N–H and O–H groups in total. The molecule has 1 saturated heterocycles. The van der Waals surface area contributed by atoms with Crippen LogP contribution in [0.2, 0.25) is 0 Å². The number of ether oxygens (including phenoxy) is 1. The third-order valence-electron chi connectivity index (χ3n) is 5.86. The lowest BCUT2D eigenvalue weighted by atomic mass is 9.97. The predicted octanol–water partition coefficient (Wildman–Crippen LogP) is 2.18. The van der Waals surface area contributed by atoms with Crippen LogP contribution >= 0.6 is 0 Å². The number of piperazine rings is 1. The first-order valence-corrected chi connectivity index (χ1v) is 12.8. The summed E-state index contributed by atoms with van der Waals surface area (Å²) in [5.74, 6) is -0.494. The van der Waals surface area contributed by atoms with Gasteiger partial charge in [0.15, 0.2) is 0 Å². The van der Waals surface area contributed by atoms with E-state index in [-0.39, 0.29) is 24.0 Å². The van der Waals surface area contributed by atoms with Crippen molar-refractivity contribution in [3.05, 3.63) is 41.5 Å². The molecule has 1 aromatic carbocycles. The number of hydrogen-bond donors (Lipinski definition) is 1. The maximum atomic E-state index is 12.9. The lowest BCUT2D eigenvalue weighted by Gasteiger charge is -2.33. The molecule has 0 bridgehead atoms. The van der Waals surface area contributed by atoms with Crippen LogP contribution in [0.25, 0.3) is 0 Å². The highest BCUT2D eigenvalue weighted by Gasteiger charge is 2.29. The van der Waals surface area contributed by atoms with Gasteiger partial charge in [0, 0.05) is 32.7 Å². The van der Waals surface area contributed by atoms with Crippen LogP contribution in [0.4, 0.5) is 0 Å². The average molecular weight is 464 g/mol. The van der Waals surface area contributed by atoms with Crippen molar-refractivity contribution in [1.29, 1.82) is 0 Å². The van der Waals surface area contributed by atoms with Gasteiger partial charge in [0.1, 0.15) is 0 Å². The van der Waals surface area contributed by atoms with Crippen molar-refractivity contribution in [3.63, 3.8) is 0 Å². The molecule has 0 unspecified atom stereocenters. The molecule has 9 heteroatoms. The van der Waals surface area contributed by atoms with Crippen LogP contribution in [0.3, 0.4) is 0 Å². The minimum absolute atomic E-state index is 0.0210. The number of benzene rings is 1. The molecule has 176 valence electrons. The van der Waals surface area contributed by atoms with Crippen LogP contribution in [0.5, 0.6) is 0 Å². The SMILES string of the molecule is CCOC(=O)c1ccc(S(=O)(=O)N2CCN(CC(=O)NCCC3=CCCCC3)CC2)cc1. The van der Waals surface area contributed by atoms with Crippen molar-refractivity contribution in [2.45, 2.75) is 43.9 Å². The quantitative estimate of drug-likeness (QED) is 0.445. The normalized spacial score (nSPS) is 18.1. The van der Waals surface area contributed by atoms with E-state index in [1.165, 1.54) is 47.0 Å². The first-order chi connectivity index (χ1) is 15.4. The molecule has 2 aliphatic rings. The zero-order chi connectivity index (χ0) is 23.0. The van der Waals surface area contributed by atoms with E-state index < -0.39 is 16.0 Å². The number of hydrogen-bond acceptors (Lipinski definition) is 6. The van der Waals surface area contributed by atoms with Crippen molar-refractivity contribution in [2.75, 3.05) is 45.9 Å². The van der Waals surface area contributed by atoms with E-state index >= 15 is 0 Å². The Morgan fingerprint density at radius 1 is 1.06 bits per heavy atom. The molecule has 1 aliphatic carbocycles. The number of nitrogens with zero attached hydrogens (tertiary/aromatic N) is 2. The summed E-state index contributed by atoms with van der Waals surface area (Å²) in [6, 6.07) is 5.80. The maximum Gasteiger partial charge on any atom is 0.338 e. The Morgan fingerprint density at radius 2 is 1.78 bits per heavy atom. The highest BCUT2D eigenvalue weighted by molar-refractivity contribution is 7.89. The highest BCUT2D eigenvalue weighted by Crippen LogP contribution is 2.20. The molecule has 0 saturated carbocycles. The summed E-state index contributed by atoms with van der Waals surface area (Å²) in [7, 11) is -3.65. The Balaban J connectivity index is 1.44. The number of carbonyl (C=O) groups excluding carboxylic acids is 2. The maximum absolute atomic E-state index is 12.9. The smallest absolute Gasteiger partial charge is 0.338 e. The van der Waals surface area contributed by atoms with Crippen molar-refractivity contribution in [1.82, 2.24) is 14.5 Å². The highest BCUT2D eigenvalue weighted by atomic mass is 32.2. The van der Waals surface area contributed by atoms with Crippen molar-refractivity contribution in [3.8, 4) is 0 Å². The summed E-state index contributed by atoms with van der Waals surface area (Å²) in [4.78, 5) is 26.1. The van der Waals surface area contributed by atoms with Crippen molar-refractivity contribution < 1.29 is 22.7 Å². The minimum Gasteiger partial charge on any atom is -0.462 e. The standard InChI is InChI=1S/C23H33N3O5S/c1-2-31-23(28)20-8-10-21(11-9-20)32(29,30)26-16-14-25(15-17-26)18-22(27)24-13-12-19-6-4-3-5-7-19/h6,8-11H,2-5,7,12-18H2,1H3,(H,24,27). The second-order valence-corrected chi connectivity index (χ2v) is 10.1. The van der Waals surface area contributed by atoms with Gasteiger partial charge in [0.05, 0.1) is 23.6 Å².